The van der Waals surface area contributed by atoms with Crippen molar-refractivity contribution in [3.8, 4) is 0 Å². The van der Waals surface area contributed by atoms with Gasteiger partial charge in [-0.2, -0.15) is 0 Å². The smallest absolute Gasteiger partial charge is 0.269 e. The van der Waals surface area contributed by atoms with Gasteiger partial charge in [0, 0.05) is 45.4 Å². The lowest BCUT2D eigenvalue weighted by atomic mass is 10.1. The highest BCUT2D eigenvalue weighted by Crippen LogP contribution is 2.15. The van der Waals surface area contributed by atoms with E-state index in [0.717, 1.165) is 44.1 Å². The predicted octanol–water partition coefficient (Wildman–Crippen LogP) is 2.79. The van der Waals surface area contributed by atoms with E-state index in [1.165, 1.54) is 6.07 Å². The van der Waals surface area contributed by atoms with Crippen LogP contribution in [0.15, 0.2) is 29.3 Å². The normalized spacial score (nSPS) is 15.8. The van der Waals surface area contributed by atoms with Gasteiger partial charge in [0.2, 0.25) is 0 Å². The van der Waals surface area contributed by atoms with Crippen LogP contribution in [0.5, 0.6) is 0 Å². The molecule has 0 spiro atoms. The average molecular weight is 448 g/mol. The SMILES string of the molecule is CCOC1CCN(C(=NC)NCc2cccc([N+](=O)[O-])c2)CC1.I. The van der Waals surface area contributed by atoms with E-state index in [9.17, 15) is 10.1 Å². The van der Waals surface area contributed by atoms with Gasteiger partial charge in [0.1, 0.15) is 0 Å². The van der Waals surface area contributed by atoms with Gasteiger partial charge in [0.05, 0.1) is 11.0 Å². The van der Waals surface area contributed by atoms with E-state index in [-0.39, 0.29) is 34.6 Å². The van der Waals surface area contributed by atoms with Gasteiger partial charge in [0.15, 0.2) is 5.96 Å². The molecular formula is C16H25IN4O3. The molecule has 1 saturated heterocycles. The van der Waals surface area contributed by atoms with Crippen LogP contribution in [0.1, 0.15) is 25.3 Å². The Hall–Kier alpha value is -1.42. The summed E-state index contributed by atoms with van der Waals surface area (Å²) < 4.78 is 5.66. The fourth-order valence-electron chi connectivity index (χ4n) is 2.76. The average Bonchev–Trinajstić information content (AvgIpc) is 2.57. The molecule has 0 saturated carbocycles. The molecule has 0 radical (unpaired) electrons. The zero-order valence-electron chi connectivity index (χ0n) is 14.1. The molecule has 2 rings (SSSR count). The zero-order chi connectivity index (χ0) is 16.7. The summed E-state index contributed by atoms with van der Waals surface area (Å²) in [6, 6.07) is 6.65. The van der Waals surface area contributed by atoms with Crippen LogP contribution in [-0.4, -0.2) is 48.6 Å². The van der Waals surface area contributed by atoms with Crippen molar-refractivity contribution in [1.29, 1.82) is 0 Å². The summed E-state index contributed by atoms with van der Waals surface area (Å²) in [5, 5.41) is 14.1. The van der Waals surface area contributed by atoms with E-state index in [1.807, 2.05) is 13.0 Å². The molecule has 1 heterocycles. The molecule has 1 aliphatic rings. The molecule has 1 fully saturated rings. The second-order valence-corrected chi connectivity index (χ2v) is 5.47. The minimum atomic E-state index is -0.378. The maximum absolute atomic E-state index is 10.8. The number of hydrogen-bond acceptors (Lipinski definition) is 4. The molecule has 24 heavy (non-hydrogen) atoms. The van der Waals surface area contributed by atoms with Crippen LogP contribution >= 0.6 is 24.0 Å². The minimum absolute atomic E-state index is 0. The molecule has 7 nitrogen and oxygen atoms in total. The molecule has 0 atom stereocenters. The van der Waals surface area contributed by atoms with Crippen molar-refractivity contribution >= 4 is 35.6 Å². The van der Waals surface area contributed by atoms with Gasteiger partial charge in [-0.3, -0.25) is 15.1 Å². The van der Waals surface area contributed by atoms with Gasteiger partial charge >= 0.3 is 0 Å². The van der Waals surface area contributed by atoms with Crippen molar-refractivity contribution in [3.05, 3.63) is 39.9 Å². The first-order valence-electron chi connectivity index (χ1n) is 7.94. The highest BCUT2D eigenvalue weighted by atomic mass is 127. The number of likely N-dealkylation sites (tertiary alicyclic amines) is 1. The molecular weight excluding hydrogens is 423 g/mol. The number of piperidine rings is 1. The van der Waals surface area contributed by atoms with E-state index in [0.29, 0.717) is 12.6 Å². The van der Waals surface area contributed by atoms with Crippen LogP contribution in [0.4, 0.5) is 5.69 Å². The number of halogens is 1. The van der Waals surface area contributed by atoms with E-state index in [1.54, 1.807) is 19.2 Å². The molecule has 0 bridgehead atoms. The van der Waals surface area contributed by atoms with E-state index < -0.39 is 0 Å². The van der Waals surface area contributed by atoms with Crippen LogP contribution in [0.25, 0.3) is 0 Å². The second-order valence-electron chi connectivity index (χ2n) is 5.47. The van der Waals surface area contributed by atoms with Crippen LogP contribution in [0, 0.1) is 10.1 Å². The molecule has 0 aromatic heterocycles. The Balaban J connectivity index is 0.00000288. The molecule has 8 heteroatoms. The van der Waals surface area contributed by atoms with Crippen molar-refractivity contribution < 1.29 is 9.66 Å². The number of rotatable bonds is 5. The quantitative estimate of drug-likeness (QED) is 0.247. The number of aliphatic imine (C=N–C) groups is 1. The van der Waals surface area contributed by atoms with Crippen LogP contribution in [0.2, 0.25) is 0 Å². The number of non-ortho nitro benzene ring substituents is 1. The first kappa shape index (κ1) is 20.6. The largest absolute Gasteiger partial charge is 0.378 e. The molecule has 134 valence electrons. The van der Waals surface area contributed by atoms with Crippen molar-refractivity contribution in [1.82, 2.24) is 10.2 Å². The number of nitrogens with zero attached hydrogens (tertiary/aromatic N) is 3. The number of hydrogen-bond donors (Lipinski definition) is 1. The van der Waals surface area contributed by atoms with Crippen molar-refractivity contribution in [2.75, 3.05) is 26.7 Å². The number of ether oxygens (including phenoxy) is 1. The standard InChI is InChI=1S/C16H24N4O3.HI/c1-3-23-15-7-9-19(10-8-15)16(17-2)18-12-13-5-4-6-14(11-13)20(21)22;/h4-6,11,15H,3,7-10,12H2,1-2H3,(H,17,18);1H. The van der Waals surface area contributed by atoms with Crippen molar-refractivity contribution in [2.45, 2.75) is 32.4 Å². The highest BCUT2D eigenvalue weighted by Gasteiger charge is 2.21. The summed E-state index contributed by atoms with van der Waals surface area (Å²) in [6.45, 7) is 5.09. The van der Waals surface area contributed by atoms with Gasteiger partial charge in [0.25, 0.3) is 5.69 Å². The summed E-state index contributed by atoms with van der Waals surface area (Å²) in [4.78, 5) is 17.0. The van der Waals surface area contributed by atoms with Crippen molar-refractivity contribution in [2.24, 2.45) is 4.99 Å². The van der Waals surface area contributed by atoms with Crippen LogP contribution in [-0.2, 0) is 11.3 Å². The molecule has 1 aromatic rings. The molecule has 0 amide bonds. The van der Waals surface area contributed by atoms with E-state index >= 15 is 0 Å². The third-order valence-electron chi connectivity index (χ3n) is 3.93. The lowest BCUT2D eigenvalue weighted by Crippen LogP contribution is -2.46. The Morgan fingerprint density at radius 2 is 2.17 bits per heavy atom. The Labute approximate surface area is 159 Å². The monoisotopic (exact) mass is 448 g/mol. The summed E-state index contributed by atoms with van der Waals surface area (Å²) >= 11 is 0. The van der Waals surface area contributed by atoms with Crippen molar-refractivity contribution in [3.63, 3.8) is 0 Å². The summed E-state index contributed by atoms with van der Waals surface area (Å²) in [5.74, 6) is 0.825. The van der Waals surface area contributed by atoms with Gasteiger partial charge in [-0.1, -0.05) is 12.1 Å². The first-order chi connectivity index (χ1) is 11.1. The number of benzene rings is 1. The maximum Gasteiger partial charge on any atom is 0.269 e. The third-order valence-corrected chi connectivity index (χ3v) is 3.93. The number of nitro benzene ring substituents is 1. The van der Waals surface area contributed by atoms with Gasteiger partial charge in [-0.05, 0) is 25.3 Å². The molecule has 0 unspecified atom stereocenters. The zero-order valence-corrected chi connectivity index (χ0v) is 16.4. The number of nitro groups is 1. The summed E-state index contributed by atoms with van der Waals surface area (Å²) in [7, 11) is 1.75. The van der Waals surface area contributed by atoms with Crippen LogP contribution < -0.4 is 5.32 Å². The van der Waals surface area contributed by atoms with Crippen LogP contribution in [0.3, 0.4) is 0 Å². The fraction of sp³-hybridized carbons (Fsp3) is 0.562. The molecule has 1 N–H and O–H groups in total. The van der Waals surface area contributed by atoms with Gasteiger partial charge < -0.3 is 15.0 Å². The number of guanidine groups is 1. The minimum Gasteiger partial charge on any atom is -0.378 e. The Bertz CT molecular complexity index is 560. The fourth-order valence-corrected chi connectivity index (χ4v) is 2.76. The Morgan fingerprint density at radius 3 is 2.75 bits per heavy atom. The first-order valence-corrected chi connectivity index (χ1v) is 7.94. The lowest BCUT2D eigenvalue weighted by molar-refractivity contribution is -0.384. The summed E-state index contributed by atoms with van der Waals surface area (Å²) in [6.07, 6.45) is 2.32. The van der Waals surface area contributed by atoms with Gasteiger partial charge in [-0.15, -0.1) is 24.0 Å². The van der Waals surface area contributed by atoms with Gasteiger partial charge in [-0.25, -0.2) is 0 Å². The molecule has 1 aromatic carbocycles. The van der Waals surface area contributed by atoms with E-state index in [4.69, 9.17) is 4.74 Å². The topological polar surface area (TPSA) is 80.0 Å². The molecule has 0 aliphatic carbocycles. The van der Waals surface area contributed by atoms with E-state index in [2.05, 4.69) is 15.2 Å². The molecule has 1 aliphatic heterocycles. The third kappa shape index (κ3) is 5.90. The Morgan fingerprint density at radius 1 is 1.46 bits per heavy atom. The summed E-state index contributed by atoms with van der Waals surface area (Å²) in [5.41, 5.74) is 0.973. The lowest BCUT2D eigenvalue weighted by Gasteiger charge is -2.34. The highest BCUT2D eigenvalue weighted by molar-refractivity contribution is 14.0. The Kier molecular flexibility index (Phi) is 8.98. The predicted molar refractivity (Wildman–Crippen MR) is 105 cm³/mol. The maximum atomic E-state index is 10.8. The number of nitrogens with one attached hydrogen (secondary N) is 1. The second kappa shape index (κ2) is 10.4.